The van der Waals surface area contributed by atoms with E-state index < -0.39 is 11.7 Å². The third-order valence-electron chi connectivity index (χ3n) is 5.26. The number of alkyl halides is 3. The number of aldehydes is 1. The molecule has 0 atom stereocenters. The highest BCUT2D eigenvalue weighted by atomic mass is 19.4. The molecule has 1 aliphatic rings. The van der Waals surface area contributed by atoms with Crippen LogP contribution in [0, 0.1) is 5.92 Å². The topological polar surface area (TPSA) is 43.1 Å². The molecule has 0 amide bonds. The molecule has 29 heavy (non-hydrogen) atoms. The van der Waals surface area contributed by atoms with Crippen LogP contribution in [0.15, 0.2) is 40.9 Å². The fourth-order valence-corrected chi connectivity index (χ4v) is 3.96. The van der Waals surface area contributed by atoms with Gasteiger partial charge in [-0.3, -0.25) is 4.79 Å². The zero-order valence-electron chi connectivity index (χ0n) is 16.1. The summed E-state index contributed by atoms with van der Waals surface area (Å²) in [7, 11) is 0. The first-order valence-corrected chi connectivity index (χ1v) is 9.55. The van der Waals surface area contributed by atoms with E-state index in [9.17, 15) is 18.0 Å². The highest BCUT2D eigenvalue weighted by Gasteiger charge is 2.34. The van der Waals surface area contributed by atoms with Gasteiger partial charge in [0.15, 0.2) is 5.76 Å². The summed E-state index contributed by atoms with van der Waals surface area (Å²) >= 11 is 0. The van der Waals surface area contributed by atoms with Gasteiger partial charge in [0.1, 0.15) is 12.0 Å². The Hall–Kier alpha value is -2.89. The number of carbonyl (C=O) groups is 1. The Kier molecular flexibility index (Phi) is 4.81. The van der Waals surface area contributed by atoms with Crippen LogP contribution in [-0.2, 0) is 25.4 Å². The van der Waals surface area contributed by atoms with Gasteiger partial charge in [-0.1, -0.05) is 43.3 Å². The maximum Gasteiger partial charge on any atom is 0.416 e. The van der Waals surface area contributed by atoms with E-state index in [1.54, 1.807) is 18.2 Å². The van der Waals surface area contributed by atoms with Crippen LogP contribution >= 0.6 is 0 Å². The second-order valence-electron chi connectivity index (χ2n) is 7.84. The van der Waals surface area contributed by atoms with E-state index in [1.807, 2.05) is 26.0 Å². The lowest BCUT2D eigenvalue weighted by atomic mass is 9.86. The van der Waals surface area contributed by atoms with E-state index in [1.165, 1.54) is 6.07 Å². The van der Waals surface area contributed by atoms with Gasteiger partial charge in [0.2, 0.25) is 0 Å². The van der Waals surface area contributed by atoms with Crippen molar-refractivity contribution in [3.8, 4) is 22.6 Å². The Balaban J connectivity index is 1.79. The number of rotatable bonds is 4. The number of halogens is 3. The summed E-state index contributed by atoms with van der Waals surface area (Å²) in [4.78, 5) is 11.0. The number of fused-ring (bicyclic) bond motifs is 3. The van der Waals surface area contributed by atoms with E-state index >= 15 is 0 Å². The molecule has 0 saturated carbocycles. The van der Waals surface area contributed by atoms with Crippen LogP contribution in [-0.4, -0.2) is 11.4 Å². The van der Waals surface area contributed by atoms with Gasteiger partial charge in [-0.2, -0.15) is 13.2 Å². The molecular weight excluding hydrogens is 379 g/mol. The van der Waals surface area contributed by atoms with Crippen molar-refractivity contribution in [3.05, 3.63) is 64.2 Å². The molecule has 150 valence electrons. The first kappa shape index (κ1) is 19.4. The maximum atomic E-state index is 13.7. The molecule has 0 N–H and O–H groups in total. The van der Waals surface area contributed by atoms with Crippen molar-refractivity contribution in [1.82, 2.24) is 5.16 Å². The predicted molar refractivity (Wildman–Crippen MR) is 104 cm³/mol. The minimum absolute atomic E-state index is 0.118. The molecule has 0 fully saturated rings. The molecule has 1 heterocycles. The van der Waals surface area contributed by atoms with E-state index in [0.29, 0.717) is 41.8 Å². The summed E-state index contributed by atoms with van der Waals surface area (Å²) in [6.07, 6.45) is -2.01. The second-order valence-corrected chi connectivity index (χ2v) is 7.84. The fraction of sp³-hybridized carbons (Fsp3) is 0.304. The molecule has 3 nitrogen and oxygen atoms in total. The van der Waals surface area contributed by atoms with Gasteiger partial charge in [-0.15, -0.1) is 0 Å². The van der Waals surface area contributed by atoms with Crippen molar-refractivity contribution in [1.29, 1.82) is 0 Å². The van der Waals surface area contributed by atoms with Crippen LogP contribution in [0.5, 0.6) is 0 Å². The van der Waals surface area contributed by atoms with Crippen molar-refractivity contribution >= 4 is 6.29 Å². The number of benzene rings is 2. The largest absolute Gasteiger partial charge is 0.416 e. The van der Waals surface area contributed by atoms with Gasteiger partial charge in [-0.25, -0.2) is 0 Å². The van der Waals surface area contributed by atoms with Crippen LogP contribution in [0.25, 0.3) is 22.6 Å². The van der Waals surface area contributed by atoms with Crippen molar-refractivity contribution < 1.29 is 22.5 Å². The monoisotopic (exact) mass is 399 g/mol. The van der Waals surface area contributed by atoms with Crippen LogP contribution in [0.2, 0.25) is 0 Å². The van der Waals surface area contributed by atoms with E-state index in [4.69, 9.17) is 4.52 Å². The van der Waals surface area contributed by atoms with Crippen LogP contribution in [0.4, 0.5) is 13.2 Å². The molecule has 0 aliphatic heterocycles. The summed E-state index contributed by atoms with van der Waals surface area (Å²) in [6, 6.07) is 9.73. The molecule has 3 aromatic rings. The third-order valence-corrected chi connectivity index (χ3v) is 5.26. The minimum atomic E-state index is -4.43. The van der Waals surface area contributed by atoms with Crippen molar-refractivity contribution in [3.63, 3.8) is 0 Å². The van der Waals surface area contributed by atoms with E-state index in [2.05, 4.69) is 5.16 Å². The molecule has 2 aromatic carbocycles. The Morgan fingerprint density at radius 1 is 1.14 bits per heavy atom. The molecule has 0 unspecified atom stereocenters. The number of aromatic nitrogens is 1. The smallest absolute Gasteiger partial charge is 0.355 e. The molecule has 6 heteroatoms. The average Bonchev–Trinajstić information content (AvgIpc) is 3.11. The zero-order valence-corrected chi connectivity index (χ0v) is 16.1. The molecule has 1 aromatic heterocycles. The minimum Gasteiger partial charge on any atom is -0.355 e. The lowest BCUT2D eigenvalue weighted by Gasteiger charge is -2.17. The first-order chi connectivity index (χ1) is 13.8. The van der Waals surface area contributed by atoms with E-state index in [-0.39, 0.29) is 11.5 Å². The number of hydrogen-bond donors (Lipinski definition) is 0. The van der Waals surface area contributed by atoms with Crippen molar-refractivity contribution in [2.75, 3.05) is 0 Å². The molecule has 0 radical (unpaired) electrons. The number of carbonyl (C=O) groups excluding carboxylic acids is 1. The van der Waals surface area contributed by atoms with Crippen LogP contribution in [0.1, 0.15) is 46.5 Å². The lowest BCUT2D eigenvalue weighted by molar-refractivity contribution is -0.138. The third kappa shape index (κ3) is 3.59. The first-order valence-electron chi connectivity index (χ1n) is 9.55. The number of nitrogens with zero attached hydrogens (tertiary/aromatic N) is 1. The van der Waals surface area contributed by atoms with Crippen LogP contribution in [0.3, 0.4) is 0 Å². The Morgan fingerprint density at radius 2 is 1.93 bits per heavy atom. The molecule has 0 saturated heterocycles. The molecule has 1 aliphatic carbocycles. The van der Waals surface area contributed by atoms with Gasteiger partial charge >= 0.3 is 6.18 Å². The quantitative estimate of drug-likeness (QED) is 0.495. The lowest BCUT2D eigenvalue weighted by Crippen LogP contribution is -2.11. The van der Waals surface area contributed by atoms with Gasteiger partial charge in [0, 0.05) is 22.3 Å². The zero-order chi connectivity index (χ0) is 20.8. The summed E-state index contributed by atoms with van der Waals surface area (Å²) in [5.74, 6) is 0.499. The number of aryl methyl sites for hydroxylation is 1. The van der Waals surface area contributed by atoms with E-state index in [0.717, 1.165) is 23.0 Å². The van der Waals surface area contributed by atoms with Gasteiger partial charge in [0.05, 0.1) is 5.56 Å². The fourth-order valence-electron chi connectivity index (χ4n) is 3.96. The number of hydrogen-bond acceptors (Lipinski definition) is 3. The Labute approximate surface area is 166 Å². The summed E-state index contributed by atoms with van der Waals surface area (Å²) in [6.45, 7) is 3.79. The van der Waals surface area contributed by atoms with Gasteiger partial charge in [-0.05, 0) is 48.4 Å². The standard InChI is InChI=1S/C23H20F3NO2/c1-13(2)9-16-4-5-17(11-20(16)23(24,25)26)22-19-8-6-15-10-14(12-28)3-7-18(15)21(19)27-29-22/h3-5,7,10-13H,6,8-9H2,1-2H3. The summed E-state index contributed by atoms with van der Waals surface area (Å²) in [5, 5.41) is 4.15. The van der Waals surface area contributed by atoms with Gasteiger partial charge in [0.25, 0.3) is 0 Å². The second kappa shape index (κ2) is 7.17. The summed E-state index contributed by atoms with van der Waals surface area (Å²) < 4.78 is 46.5. The Bertz CT molecular complexity index is 1080. The predicted octanol–water partition coefficient (Wildman–Crippen LogP) is 6.14. The maximum absolute atomic E-state index is 13.7. The van der Waals surface area contributed by atoms with Crippen LogP contribution < -0.4 is 0 Å². The highest BCUT2D eigenvalue weighted by molar-refractivity contribution is 5.81. The Morgan fingerprint density at radius 3 is 2.62 bits per heavy atom. The van der Waals surface area contributed by atoms with Gasteiger partial charge < -0.3 is 4.52 Å². The molecular formula is C23H20F3NO2. The normalized spacial score (nSPS) is 13.3. The molecule has 0 bridgehead atoms. The SMILES string of the molecule is CC(C)Cc1ccc(-c2onc3c2CCc2cc(C=O)ccc2-3)cc1C(F)(F)F. The highest BCUT2D eigenvalue weighted by Crippen LogP contribution is 2.41. The molecule has 4 rings (SSSR count). The van der Waals surface area contributed by atoms with Crippen molar-refractivity contribution in [2.24, 2.45) is 5.92 Å². The van der Waals surface area contributed by atoms with Crippen molar-refractivity contribution in [2.45, 2.75) is 39.3 Å². The summed E-state index contributed by atoms with van der Waals surface area (Å²) in [5.41, 5.74) is 3.93. The molecule has 0 spiro atoms. The average molecular weight is 399 g/mol.